The van der Waals surface area contributed by atoms with Crippen LogP contribution in [0.5, 0.6) is 11.5 Å². The topological polar surface area (TPSA) is 123 Å². The van der Waals surface area contributed by atoms with Gasteiger partial charge < -0.3 is 24.7 Å². The molecule has 1 amide bonds. The number of para-hydroxylation sites is 1. The fourth-order valence-corrected chi connectivity index (χ4v) is 5.61. The van der Waals surface area contributed by atoms with Gasteiger partial charge in [0.05, 0.1) is 18.0 Å². The predicted molar refractivity (Wildman–Crippen MR) is 167 cm³/mol. The Hall–Kier alpha value is -4.72. The zero-order valence-electron chi connectivity index (χ0n) is 24.6. The van der Waals surface area contributed by atoms with Crippen LogP contribution in [0.15, 0.2) is 73.1 Å². The van der Waals surface area contributed by atoms with Crippen molar-refractivity contribution in [2.75, 3.05) is 52.2 Å². The summed E-state index contributed by atoms with van der Waals surface area (Å²) < 4.78 is 13.1. The van der Waals surface area contributed by atoms with Crippen molar-refractivity contribution < 1.29 is 14.3 Å². The Morgan fingerprint density at radius 2 is 1.91 bits per heavy atom. The highest BCUT2D eigenvalue weighted by atomic mass is 16.5. The minimum atomic E-state index is -0.128. The van der Waals surface area contributed by atoms with Crippen LogP contribution in [0.25, 0.3) is 22.2 Å². The molecule has 0 unspecified atom stereocenters. The monoisotopic (exact) mass is 579 g/mol. The third-order valence-electron chi connectivity index (χ3n) is 7.66. The summed E-state index contributed by atoms with van der Waals surface area (Å²) in [6.07, 6.45) is 6.72. The van der Waals surface area contributed by atoms with Gasteiger partial charge in [0, 0.05) is 44.9 Å². The third-order valence-corrected chi connectivity index (χ3v) is 7.66. The number of ether oxygens (including phenoxy) is 2. The molecule has 43 heavy (non-hydrogen) atoms. The van der Waals surface area contributed by atoms with E-state index >= 15 is 0 Å². The Labute approximate surface area is 252 Å². The maximum absolute atomic E-state index is 13.1. The number of aromatic nitrogens is 3. The van der Waals surface area contributed by atoms with Gasteiger partial charge in [0.25, 0.3) is 0 Å². The molecule has 4 aromatic rings. The van der Waals surface area contributed by atoms with E-state index in [1.165, 1.54) is 6.33 Å². The molecule has 222 valence electrons. The van der Waals surface area contributed by atoms with Gasteiger partial charge in [-0.1, -0.05) is 43.3 Å². The summed E-state index contributed by atoms with van der Waals surface area (Å²) >= 11 is 0. The van der Waals surface area contributed by atoms with Crippen LogP contribution in [0, 0.1) is 11.3 Å². The van der Waals surface area contributed by atoms with Crippen molar-refractivity contribution in [1.29, 1.82) is 5.26 Å². The molecule has 10 nitrogen and oxygen atoms in total. The van der Waals surface area contributed by atoms with E-state index in [1.807, 2.05) is 70.1 Å². The van der Waals surface area contributed by atoms with Crippen LogP contribution >= 0.6 is 0 Å². The second-order valence-corrected chi connectivity index (χ2v) is 10.5. The smallest absolute Gasteiger partial charge is 0.246 e. The maximum Gasteiger partial charge on any atom is 0.246 e. The van der Waals surface area contributed by atoms with Crippen molar-refractivity contribution in [3.8, 4) is 28.7 Å². The van der Waals surface area contributed by atoms with Gasteiger partial charge >= 0.3 is 0 Å². The lowest BCUT2D eigenvalue weighted by Crippen LogP contribution is -2.30. The van der Waals surface area contributed by atoms with Gasteiger partial charge in [0.15, 0.2) is 0 Å². The van der Waals surface area contributed by atoms with Gasteiger partial charge in [-0.25, -0.2) is 9.97 Å². The van der Waals surface area contributed by atoms with E-state index < -0.39 is 0 Å². The number of nitrogen functional groups attached to an aromatic ring is 1. The zero-order chi connectivity index (χ0) is 30.2. The first-order valence-electron chi connectivity index (χ1n) is 14.6. The number of nitrogens with two attached hydrogens (primary N) is 1. The van der Waals surface area contributed by atoms with Crippen molar-refractivity contribution in [1.82, 2.24) is 24.3 Å². The molecule has 0 aliphatic carbocycles. The molecule has 0 saturated carbocycles. The number of fused-ring (bicyclic) bond motifs is 1. The lowest BCUT2D eigenvalue weighted by Gasteiger charge is -2.19. The van der Waals surface area contributed by atoms with Crippen molar-refractivity contribution in [3.63, 3.8) is 0 Å². The molecule has 0 radical (unpaired) electrons. The summed E-state index contributed by atoms with van der Waals surface area (Å²) in [7, 11) is 1.69. The highest BCUT2D eigenvalue weighted by Crippen LogP contribution is 2.40. The lowest BCUT2D eigenvalue weighted by molar-refractivity contribution is -0.125. The van der Waals surface area contributed by atoms with Crippen LogP contribution in [0.4, 0.5) is 5.82 Å². The van der Waals surface area contributed by atoms with Crippen LogP contribution in [-0.2, 0) is 9.53 Å². The number of hydrogen-bond acceptors (Lipinski definition) is 8. The molecular weight excluding hydrogens is 542 g/mol. The highest BCUT2D eigenvalue weighted by molar-refractivity contribution is 6.03. The second-order valence-electron chi connectivity index (χ2n) is 10.5. The fourth-order valence-electron chi connectivity index (χ4n) is 5.61. The SMILES string of the molecule is CCCN(C/C=C/C(=O)N1CC[C@@H](n2c(C#N)c(-c3ccc(Oc4ccccc4)cc3)c3c(N)ncnc32)C1)CCOC. The number of hydrogen-bond donors (Lipinski definition) is 1. The number of nitriles is 1. The molecule has 5 rings (SSSR count). The van der Waals surface area contributed by atoms with E-state index in [-0.39, 0.29) is 11.9 Å². The van der Waals surface area contributed by atoms with Crippen LogP contribution in [-0.4, -0.2) is 76.7 Å². The molecule has 10 heteroatoms. The average Bonchev–Trinajstić information content (AvgIpc) is 3.64. The first-order chi connectivity index (χ1) is 21.0. The number of rotatable bonds is 12. The van der Waals surface area contributed by atoms with E-state index in [1.54, 1.807) is 13.2 Å². The number of likely N-dealkylation sites (tertiary alicyclic amines) is 1. The molecule has 1 fully saturated rings. The molecule has 1 saturated heterocycles. The Morgan fingerprint density at radius 3 is 2.63 bits per heavy atom. The number of carbonyl (C=O) groups is 1. The fraction of sp³-hybridized carbons (Fsp3) is 0.333. The van der Waals surface area contributed by atoms with Gasteiger partial charge in [0.1, 0.15) is 41.1 Å². The molecule has 1 aliphatic rings. The summed E-state index contributed by atoms with van der Waals surface area (Å²) in [5.41, 5.74) is 8.91. The molecule has 2 aromatic heterocycles. The summed E-state index contributed by atoms with van der Waals surface area (Å²) in [6, 6.07) is 19.4. The molecule has 0 spiro atoms. The van der Waals surface area contributed by atoms with E-state index in [9.17, 15) is 10.1 Å². The molecule has 1 aliphatic heterocycles. The van der Waals surface area contributed by atoms with Gasteiger partial charge in [-0.3, -0.25) is 9.69 Å². The Bertz CT molecular complexity index is 1610. The second kappa shape index (κ2) is 14.0. The minimum absolute atomic E-state index is 0.0379. The molecule has 0 bridgehead atoms. The van der Waals surface area contributed by atoms with E-state index in [0.29, 0.717) is 66.5 Å². The quantitative estimate of drug-likeness (QED) is 0.232. The normalized spacial score (nSPS) is 15.0. The summed E-state index contributed by atoms with van der Waals surface area (Å²) in [5, 5.41) is 11.1. The summed E-state index contributed by atoms with van der Waals surface area (Å²) in [6.45, 7) is 6.31. The average molecular weight is 580 g/mol. The van der Waals surface area contributed by atoms with Gasteiger partial charge in [-0.05, 0) is 49.2 Å². The Balaban J connectivity index is 1.38. The Kier molecular flexibility index (Phi) is 9.66. The van der Waals surface area contributed by atoms with Crippen molar-refractivity contribution >= 4 is 22.8 Å². The number of anilines is 1. The van der Waals surface area contributed by atoms with Crippen LogP contribution in [0.2, 0.25) is 0 Å². The third kappa shape index (κ3) is 6.69. The maximum atomic E-state index is 13.1. The molecule has 1 atom stereocenters. The van der Waals surface area contributed by atoms with E-state index in [0.717, 1.165) is 30.8 Å². The van der Waals surface area contributed by atoms with Crippen LogP contribution < -0.4 is 10.5 Å². The minimum Gasteiger partial charge on any atom is -0.457 e. The molecular formula is C33H37N7O3. The van der Waals surface area contributed by atoms with E-state index in [2.05, 4.69) is 27.9 Å². The van der Waals surface area contributed by atoms with Crippen LogP contribution in [0.3, 0.4) is 0 Å². The number of nitrogens with zero attached hydrogens (tertiary/aromatic N) is 6. The first kappa shape index (κ1) is 29.8. The molecule has 2 N–H and O–H groups in total. The van der Waals surface area contributed by atoms with E-state index in [4.69, 9.17) is 15.2 Å². The number of carbonyl (C=O) groups excluding carboxylic acids is 1. The van der Waals surface area contributed by atoms with Gasteiger partial charge in [-0.15, -0.1) is 0 Å². The molecule has 3 heterocycles. The van der Waals surface area contributed by atoms with Gasteiger partial charge in [-0.2, -0.15) is 5.26 Å². The summed E-state index contributed by atoms with van der Waals surface area (Å²) in [5.74, 6) is 1.68. The number of amides is 1. The Morgan fingerprint density at radius 1 is 1.14 bits per heavy atom. The van der Waals surface area contributed by atoms with Crippen molar-refractivity contribution in [3.05, 3.63) is 78.8 Å². The largest absolute Gasteiger partial charge is 0.457 e. The lowest BCUT2D eigenvalue weighted by atomic mass is 10.0. The highest BCUT2D eigenvalue weighted by Gasteiger charge is 2.32. The predicted octanol–water partition coefficient (Wildman–Crippen LogP) is 5.03. The number of methoxy groups -OCH3 is 1. The van der Waals surface area contributed by atoms with Gasteiger partial charge in [0.2, 0.25) is 5.91 Å². The van der Waals surface area contributed by atoms with Crippen molar-refractivity contribution in [2.24, 2.45) is 0 Å². The number of benzene rings is 2. The zero-order valence-corrected chi connectivity index (χ0v) is 24.6. The van der Waals surface area contributed by atoms with Crippen molar-refractivity contribution in [2.45, 2.75) is 25.8 Å². The summed E-state index contributed by atoms with van der Waals surface area (Å²) in [4.78, 5) is 26.0. The first-order valence-corrected chi connectivity index (χ1v) is 14.6. The molecule has 2 aromatic carbocycles. The standard InChI is InChI=1S/C33H37N7O3/c1-3-16-38(19-20-42-2)17-7-10-29(41)39-18-15-25(22-39)40-28(21-34)30(31-32(35)36-23-37-33(31)40)24-11-13-27(14-12-24)43-26-8-5-4-6-9-26/h4-14,23,25H,3,15-20,22H2,1-2H3,(H2,35,36,37)/b10-7+/t25-/m1/s1. The van der Waals surface area contributed by atoms with Crippen LogP contribution in [0.1, 0.15) is 31.5 Å².